The lowest BCUT2D eigenvalue weighted by Gasteiger charge is -2.15. The number of rotatable bonds is 6. The predicted octanol–water partition coefficient (Wildman–Crippen LogP) is 3.92. The predicted molar refractivity (Wildman–Crippen MR) is 117 cm³/mol. The Bertz CT molecular complexity index is 1200. The van der Waals surface area contributed by atoms with Gasteiger partial charge in [-0.3, -0.25) is 14.5 Å². The number of benzene rings is 2. The monoisotopic (exact) mass is 490 g/mol. The van der Waals surface area contributed by atoms with Crippen molar-refractivity contribution in [3.63, 3.8) is 0 Å². The van der Waals surface area contributed by atoms with Crippen LogP contribution in [0.5, 0.6) is 5.75 Å². The van der Waals surface area contributed by atoms with Gasteiger partial charge in [-0.1, -0.05) is 6.07 Å². The first-order valence-corrected chi connectivity index (χ1v) is 11.0. The minimum Gasteiger partial charge on any atom is -0.495 e. The van der Waals surface area contributed by atoms with Gasteiger partial charge in [-0.15, -0.1) is 0 Å². The van der Waals surface area contributed by atoms with Crippen LogP contribution in [0.3, 0.4) is 0 Å². The number of sulfonamides is 1. The van der Waals surface area contributed by atoms with Crippen LogP contribution in [0.2, 0.25) is 0 Å². The van der Waals surface area contributed by atoms with Crippen LogP contribution in [-0.2, 0) is 10.0 Å². The Morgan fingerprint density at radius 3 is 2.50 bits per heavy atom. The van der Waals surface area contributed by atoms with Crippen molar-refractivity contribution in [3.05, 3.63) is 70.2 Å². The van der Waals surface area contributed by atoms with Crippen molar-refractivity contribution in [3.8, 4) is 5.75 Å². The van der Waals surface area contributed by atoms with E-state index in [1.54, 1.807) is 25.1 Å². The van der Waals surface area contributed by atoms with E-state index in [9.17, 15) is 13.2 Å². The summed E-state index contributed by atoms with van der Waals surface area (Å²) in [4.78, 5) is 20.3. The molecule has 8 nitrogen and oxygen atoms in total. The highest BCUT2D eigenvalue weighted by Gasteiger charge is 2.22. The number of carbonyl (C=O) groups excluding carboxylic acids is 1. The Morgan fingerprint density at radius 1 is 1.07 bits per heavy atom. The number of hydrogen-bond donors (Lipinski definition) is 2. The molecule has 2 aromatic carbocycles. The summed E-state index contributed by atoms with van der Waals surface area (Å²) < 4.78 is 34.4. The Kier molecular flexibility index (Phi) is 6.37. The molecule has 0 unspecified atom stereocenters. The molecule has 3 aromatic rings. The van der Waals surface area contributed by atoms with Gasteiger partial charge in [0.15, 0.2) is 0 Å². The van der Waals surface area contributed by atoms with Gasteiger partial charge in [0.2, 0.25) is 0 Å². The molecule has 30 heavy (non-hydrogen) atoms. The molecule has 0 atom stereocenters. The third kappa shape index (κ3) is 4.95. The summed E-state index contributed by atoms with van der Waals surface area (Å²) >= 11 is 3.34. The first-order valence-electron chi connectivity index (χ1n) is 8.76. The summed E-state index contributed by atoms with van der Waals surface area (Å²) in [6.07, 6.45) is 2.82. The van der Waals surface area contributed by atoms with E-state index in [1.165, 1.54) is 31.6 Å². The molecule has 3 rings (SSSR count). The normalized spacial score (nSPS) is 11.1. The summed E-state index contributed by atoms with van der Waals surface area (Å²) in [5, 5.41) is 2.63. The van der Waals surface area contributed by atoms with E-state index >= 15 is 0 Å². The maximum atomic E-state index is 13.0. The molecule has 1 heterocycles. The smallest absolute Gasteiger partial charge is 0.275 e. The average molecular weight is 491 g/mol. The molecule has 2 N–H and O–H groups in total. The molecule has 0 saturated heterocycles. The van der Waals surface area contributed by atoms with E-state index in [4.69, 9.17) is 4.74 Å². The third-order valence-corrected chi connectivity index (χ3v) is 6.17. The van der Waals surface area contributed by atoms with Gasteiger partial charge in [-0.2, -0.15) is 0 Å². The molecule has 0 radical (unpaired) electrons. The molecule has 0 aliphatic carbocycles. The molecular formula is C20H19BrN4O4S. The molecule has 1 amide bonds. The molecule has 0 spiro atoms. The zero-order valence-electron chi connectivity index (χ0n) is 16.4. The van der Waals surface area contributed by atoms with Gasteiger partial charge < -0.3 is 10.1 Å². The lowest BCUT2D eigenvalue weighted by Crippen LogP contribution is -2.17. The molecule has 0 aliphatic heterocycles. The van der Waals surface area contributed by atoms with Crippen LogP contribution in [0, 0.1) is 13.8 Å². The summed E-state index contributed by atoms with van der Waals surface area (Å²) in [5.74, 6) is -0.371. The molecule has 0 saturated carbocycles. The van der Waals surface area contributed by atoms with Gasteiger partial charge in [-0.25, -0.2) is 13.4 Å². The van der Waals surface area contributed by atoms with E-state index in [2.05, 4.69) is 35.9 Å². The number of hydrogen-bond acceptors (Lipinski definition) is 6. The zero-order chi connectivity index (χ0) is 21.9. The Hall–Kier alpha value is -2.98. The van der Waals surface area contributed by atoms with Gasteiger partial charge in [-0.05, 0) is 65.7 Å². The van der Waals surface area contributed by atoms with E-state index in [-0.39, 0.29) is 22.0 Å². The second-order valence-corrected chi connectivity index (χ2v) is 8.96. The fourth-order valence-corrected chi connectivity index (χ4v) is 4.33. The average Bonchev–Trinajstić information content (AvgIpc) is 2.71. The van der Waals surface area contributed by atoms with Crippen molar-refractivity contribution >= 4 is 43.2 Å². The van der Waals surface area contributed by atoms with Crippen LogP contribution < -0.4 is 14.8 Å². The first-order chi connectivity index (χ1) is 14.2. The van der Waals surface area contributed by atoms with Gasteiger partial charge in [0, 0.05) is 16.4 Å². The molecule has 0 fully saturated rings. The van der Waals surface area contributed by atoms with Gasteiger partial charge >= 0.3 is 0 Å². The van der Waals surface area contributed by atoms with Gasteiger partial charge in [0.1, 0.15) is 16.3 Å². The first kappa shape index (κ1) is 21.7. The largest absolute Gasteiger partial charge is 0.495 e. The summed E-state index contributed by atoms with van der Waals surface area (Å²) in [7, 11) is -2.64. The summed E-state index contributed by atoms with van der Waals surface area (Å²) in [5.41, 5.74) is 2.34. The summed E-state index contributed by atoms with van der Waals surface area (Å²) in [6, 6.07) is 9.65. The molecular weight excluding hydrogens is 472 g/mol. The maximum absolute atomic E-state index is 13.0. The zero-order valence-corrected chi connectivity index (χ0v) is 18.8. The Morgan fingerprint density at radius 2 is 1.83 bits per heavy atom. The van der Waals surface area contributed by atoms with Crippen molar-refractivity contribution < 1.29 is 17.9 Å². The standard InChI is InChI=1S/C20H19BrN4O4S/c1-12-4-6-15(21)16(8-12)25-30(27,28)19-9-14(5-7-18(19)29-3)24-20(26)17-11-22-13(2)10-23-17/h4-11,25H,1-3H3,(H,24,26). The number of carbonyl (C=O) groups is 1. The number of ether oxygens (including phenoxy) is 1. The lowest BCUT2D eigenvalue weighted by molar-refractivity contribution is 0.102. The number of nitrogens with zero attached hydrogens (tertiary/aromatic N) is 2. The number of aryl methyl sites for hydroxylation is 2. The van der Waals surface area contributed by atoms with E-state index in [0.29, 0.717) is 15.9 Å². The Labute approximate surface area is 182 Å². The van der Waals surface area contributed by atoms with E-state index in [1.807, 2.05) is 13.0 Å². The number of amides is 1. The van der Waals surface area contributed by atoms with Crippen LogP contribution in [-0.4, -0.2) is 31.4 Å². The highest BCUT2D eigenvalue weighted by Crippen LogP contribution is 2.31. The quantitative estimate of drug-likeness (QED) is 0.541. The van der Waals surface area contributed by atoms with E-state index in [0.717, 1.165) is 5.56 Å². The highest BCUT2D eigenvalue weighted by molar-refractivity contribution is 9.10. The topological polar surface area (TPSA) is 110 Å². The fraction of sp³-hybridized carbons (Fsp3) is 0.150. The minimum absolute atomic E-state index is 0.114. The molecule has 0 aliphatic rings. The minimum atomic E-state index is -4.01. The third-order valence-electron chi connectivity index (χ3n) is 4.09. The van der Waals surface area contributed by atoms with Crippen molar-refractivity contribution in [2.24, 2.45) is 0 Å². The van der Waals surface area contributed by atoms with Crippen molar-refractivity contribution in [2.45, 2.75) is 18.7 Å². The summed E-state index contributed by atoms with van der Waals surface area (Å²) in [6.45, 7) is 3.61. The van der Waals surface area contributed by atoms with Gasteiger partial charge in [0.05, 0.1) is 24.7 Å². The fourth-order valence-electron chi connectivity index (χ4n) is 2.59. The number of methoxy groups -OCH3 is 1. The van der Waals surface area contributed by atoms with Crippen molar-refractivity contribution in [2.75, 3.05) is 17.1 Å². The van der Waals surface area contributed by atoms with Crippen molar-refractivity contribution in [1.82, 2.24) is 9.97 Å². The molecule has 10 heteroatoms. The second kappa shape index (κ2) is 8.80. The number of nitrogens with one attached hydrogen (secondary N) is 2. The van der Waals surface area contributed by atoms with Crippen LogP contribution in [0.1, 0.15) is 21.7 Å². The van der Waals surface area contributed by atoms with Gasteiger partial charge in [0.25, 0.3) is 15.9 Å². The van der Waals surface area contributed by atoms with E-state index < -0.39 is 15.9 Å². The molecule has 1 aromatic heterocycles. The van der Waals surface area contributed by atoms with Crippen molar-refractivity contribution in [1.29, 1.82) is 0 Å². The van der Waals surface area contributed by atoms with Crippen LogP contribution in [0.15, 0.2) is 58.2 Å². The lowest BCUT2D eigenvalue weighted by atomic mass is 10.2. The Balaban J connectivity index is 1.92. The molecule has 156 valence electrons. The number of anilines is 2. The maximum Gasteiger partial charge on any atom is 0.275 e. The second-order valence-electron chi connectivity index (χ2n) is 6.45. The van der Waals surface area contributed by atoms with Crippen LogP contribution in [0.4, 0.5) is 11.4 Å². The number of aromatic nitrogens is 2. The molecule has 0 bridgehead atoms. The van der Waals surface area contributed by atoms with Crippen LogP contribution in [0.25, 0.3) is 0 Å². The SMILES string of the molecule is COc1ccc(NC(=O)c2cnc(C)cn2)cc1S(=O)(=O)Nc1cc(C)ccc1Br. The highest BCUT2D eigenvalue weighted by atomic mass is 79.9. The van der Waals surface area contributed by atoms with Crippen LogP contribution >= 0.6 is 15.9 Å². The number of halogens is 1.